The number of hydrogen-bond donors (Lipinski definition) is 0. The zero-order valence-corrected chi connectivity index (χ0v) is 10.3. The molecule has 1 nitrogen and oxygen atoms in total. The lowest BCUT2D eigenvalue weighted by Gasteiger charge is -2.11. The molecule has 1 fully saturated rings. The van der Waals surface area contributed by atoms with Gasteiger partial charge in [-0.3, -0.25) is 0 Å². The van der Waals surface area contributed by atoms with E-state index >= 15 is 0 Å². The summed E-state index contributed by atoms with van der Waals surface area (Å²) in [6.07, 6.45) is 12.4. The maximum atomic E-state index is 13.0. The van der Waals surface area contributed by atoms with Gasteiger partial charge in [0.2, 0.25) is 0 Å². The molecule has 16 heavy (non-hydrogen) atoms. The standard InChI is InChI=1S/C14H22FN/c1-3-6-14(15)9-4-7-13-8-5-11-16(2)12-10-13/h3-4,6-7,9,13H,5,8,10-12H2,1-2H3/b6-3-,7-4+,14-9+. The Morgan fingerprint density at radius 3 is 2.88 bits per heavy atom. The molecule has 0 N–H and O–H groups in total. The molecule has 2 heteroatoms. The number of hydrogen-bond acceptors (Lipinski definition) is 1. The molecule has 0 aromatic heterocycles. The summed E-state index contributed by atoms with van der Waals surface area (Å²) in [6.45, 7) is 4.15. The van der Waals surface area contributed by atoms with Crippen LogP contribution in [0.3, 0.4) is 0 Å². The van der Waals surface area contributed by atoms with Gasteiger partial charge in [-0.1, -0.05) is 18.2 Å². The van der Waals surface area contributed by atoms with Crippen LogP contribution in [0, 0.1) is 5.92 Å². The molecule has 0 bridgehead atoms. The van der Waals surface area contributed by atoms with E-state index in [2.05, 4.69) is 18.0 Å². The fourth-order valence-electron chi connectivity index (χ4n) is 1.98. The summed E-state index contributed by atoms with van der Waals surface area (Å²) in [4.78, 5) is 2.37. The van der Waals surface area contributed by atoms with Crippen LogP contribution in [0.4, 0.5) is 4.39 Å². The molecule has 1 atom stereocenters. The Hall–Kier alpha value is -0.890. The van der Waals surface area contributed by atoms with E-state index in [1.54, 1.807) is 6.08 Å². The molecule has 0 spiro atoms. The molecule has 1 rings (SSSR count). The van der Waals surface area contributed by atoms with Gasteiger partial charge in [0.1, 0.15) is 5.83 Å². The molecular weight excluding hydrogens is 201 g/mol. The minimum Gasteiger partial charge on any atom is -0.306 e. The SMILES string of the molecule is C\C=C/C(F)=C\C=C\C1CCCN(C)CC1. The molecule has 1 aliphatic heterocycles. The maximum absolute atomic E-state index is 13.0. The Labute approximate surface area is 98.3 Å². The molecule has 1 aliphatic rings. The second-order valence-corrected chi connectivity index (χ2v) is 4.43. The molecule has 0 radical (unpaired) electrons. The van der Waals surface area contributed by atoms with Gasteiger partial charge in [0.05, 0.1) is 0 Å². The fourth-order valence-corrected chi connectivity index (χ4v) is 1.98. The van der Waals surface area contributed by atoms with Gasteiger partial charge >= 0.3 is 0 Å². The Balaban J connectivity index is 2.41. The first-order valence-corrected chi connectivity index (χ1v) is 6.07. The third kappa shape index (κ3) is 5.26. The van der Waals surface area contributed by atoms with Crippen molar-refractivity contribution in [1.29, 1.82) is 0 Å². The third-order valence-electron chi connectivity index (χ3n) is 2.96. The third-order valence-corrected chi connectivity index (χ3v) is 2.96. The molecule has 0 saturated carbocycles. The number of halogens is 1. The molecule has 0 amide bonds. The summed E-state index contributed by atoms with van der Waals surface area (Å²) in [7, 11) is 2.16. The fraction of sp³-hybridized carbons (Fsp3) is 0.571. The van der Waals surface area contributed by atoms with E-state index in [4.69, 9.17) is 0 Å². The molecule has 1 unspecified atom stereocenters. The highest BCUT2D eigenvalue weighted by Crippen LogP contribution is 2.18. The van der Waals surface area contributed by atoms with Gasteiger partial charge in [-0.2, -0.15) is 0 Å². The quantitative estimate of drug-likeness (QED) is 0.659. The van der Waals surface area contributed by atoms with Gasteiger partial charge < -0.3 is 4.90 Å². The van der Waals surface area contributed by atoms with E-state index in [-0.39, 0.29) is 5.83 Å². The van der Waals surface area contributed by atoms with Crippen LogP contribution in [0.15, 0.2) is 36.2 Å². The highest BCUT2D eigenvalue weighted by molar-refractivity contribution is 5.17. The number of rotatable bonds is 3. The predicted octanol–water partition coefficient (Wildman–Crippen LogP) is 3.70. The van der Waals surface area contributed by atoms with Gasteiger partial charge in [0.15, 0.2) is 0 Å². The second kappa shape index (κ2) is 7.39. The van der Waals surface area contributed by atoms with Crippen molar-refractivity contribution in [1.82, 2.24) is 4.90 Å². The highest BCUT2D eigenvalue weighted by atomic mass is 19.1. The Morgan fingerprint density at radius 2 is 2.12 bits per heavy atom. The highest BCUT2D eigenvalue weighted by Gasteiger charge is 2.11. The number of allylic oxidation sites excluding steroid dienone is 6. The minimum absolute atomic E-state index is 0.176. The van der Waals surface area contributed by atoms with Crippen LogP contribution in [0.1, 0.15) is 26.2 Å². The Kier molecular flexibility index (Phi) is 6.09. The van der Waals surface area contributed by atoms with Gasteiger partial charge in [0, 0.05) is 0 Å². The average molecular weight is 223 g/mol. The largest absolute Gasteiger partial charge is 0.306 e. The van der Waals surface area contributed by atoms with Gasteiger partial charge in [-0.25, -0.2) is 4.39 Å². The lowest BCUT2D eigenvalue weighted by atomic mass is 10.0. The van der Waals surface area contributed by atoms with E-state index in [0.29, 0.717) is 5.92 Å². The topological polar surface area (TPSA) is 3.24 Å². The number of likely N-dealkylation sites (tertiary alicyclic amines) is 1. The van der Waals surface area contributed by atoms with Crippen molar-refractivity contribution in [2.75, 3.05) is 20.1 Å². The molecular formula is C14H22FN. The Morgan fingerprint density at radius 1 is 1.31 bits per heavy atom. The zero-order valence-electron chi connectivity index (χ0n) is 10.3. The van der Waals surface area contributed by atoms with E-state index < -0.39 is 0 Å². The second-order valence-electron chi connectivity index (χ2n) is 4.43. The molecule has 0 aliphatic carbocycles. The average Bonchev–Trinajstić information content (AvgIpc) is 2.44. The summed E-state index contributed by atoms with van der Waals surface area (Å²) in [5.74, 6) is 0.434. The monoisotopic (exact) mass is 223 g/mol. The molecule has 1 heterocycles. The van der Waals surface area contributed by atoms with Crippen molar-refractivity contribution in [2.45, 2.75) is 26.2 Å². The van der Waals surface area contributed by atoms with Crippen molar-refractivity contribution < 1.29 is 4.39 Å². The van der Waals surface area contributed by atoms with Crippen LogP contribution in [0.25, 0.3) is 0 Å². The van der Waals surface area contributed by atoms with E-state index in [1.807, 2.05) is 13.0 Å². The van der Waals surface area contributed by atoms with Crippen LogP contribution in [0.2, 0.25) is 0 Å². The van der Waals surface area contributed by atoms with Crippen molar-refractivity contribution in [3.05, 3.63) is 36.2 Å². The summed E-state index contributed by atoms with van der Waals surface area (Å²) < 4.78 is 13.0. The van der Waals surface area contributed by atoms with Crippen molar-refractivity contribution >= 4 is 0 Å². The van der Waals surface area contributed by atoms with E-state index in [9.17, 15) is 4.39 Å². The first-order chi connectivity index (χ1) is 7.72. The normalized spacial score (nSPS) is 25.4. The summed E-state index contributed by atoms with van der Waals surface area (Å²) >= 11 is 0. The van der Waals surface area contributed by atoms with Crippen LogP contribution < -0.4 is 0 Å². The molecule has 1 saturated heterocycles. The first kappa shape index (κ1) is 13.2. The lowest BCUT2D eigenvalue weighted by Crippen LogP contribution is -2.18. The maximum Gasteiger partial charge on any atom is 0.122 e. The molecule has 0 aromatic carbocycles. The van der Waals surface area contributed by atoms with Gasteiger partial charge in [0.25, 0.3) is 0 Å². The van der Waals surface area contributed by atoms with E-state index in [1.165, 1.54) is 38.0 Å². The van der Waals surface area contributed by atoms with Gasteiger partial charge in [-0.15, -0.1) is 0 Å². The van der Waals surface area contributed by atoms with Gasteiger partial charge in [-0.05, 0) is 64.4 Å². The zero-order chi connectivity index (χ0) is 11.8. The minimum atomic E-state index is -0.176. The first-order valence-electron chi connectivity index (χ1n) is 6.07. The van der Waals surface area contributed by atoms with Crippen molar-refractivity contribution in [3.63, 3.8) is 0 Å². The summed E-state index contributed by atoms with van der Waals surface area (Å²) in [5, 5.41) is 0. The van der Waals surface area contributed by atoms with Crippen LogP contribution in [-0.2, 0) is 0 Å². The number of nitrogens with zero attached hydrogens (tertiary/aromatic N) is 1. The van der Waals surface area contributed by atoms with Crippen LogP contribution in [-0.4, -0.2) is 25.0 Å². The summed E-state index contributed by atoms with van der Waals surface area (Å²) in [5.41, 5.74) is 0. The van der Waals surface area contributed by atoms with Crippen molar-refractivity contribution in [3.8, 4) is 0 Å². The van der Waals surface area contributed by atoms with Crippen LogP contribution in [0.5, 0.6) is 0 Å². The predicted molar refractivity (Wildman–Crippen MR) is 68.0 cm³/mol. The lowest BCUT2D eigenvalue weighted by molar-refractivity contribution is 0.346. The summed E-state index contributed by atoms with van der Waals surface area (Å²) in [6, 6.07) is 0. The smallest absolute Gasteiger partial charge is 0.122 e. The molecule has 0 aromatic rings. The van der Waals surface area contributed by atoms with Crippen molar-refractivity contribution in [2.24, 2.45) is 5.92 Å². The Bertz CT molecular complexity index is 278. The van der Waals surface area contributed by atoms with Crippen LogP contribution >= 0.6 is 0 Å². The molecule has 90 valence electrons. The van der Waals surface area contributed by atoms with E-state index in [0.717, 1.165) is 6.54 Å².